The van der Waals surface area contributed by atoms with Crippen LogP contribution in [-0.4, -0.2) is 25.6 Å². The van der Waals surface area contributed by atoms with E-state index >= 15 is 0 Å². The lowest BCUT2D eigenvalue weighted by Gasteiger charge is -2.02. The van der Waals surface area contributed by atoms with Crippen molar-refractivity contribution in [3.05, 3.63) is 11.8 Å². The van der Waals surface area contributed by atoms with Crippen molar-refractivity contribution >= 4 is 5.78 Å². The number of ether oxygens (including phenoxy) is 2. The molecule has 0 aromatic rings. The Morgan fingerprint density at radius 3 is 3.09 bits per heavy atom. The highest BCUT2D eigenvalue weighted by Gasteiger charge is 2.02. The second kappa shape index (κ2) is 4.13. The standard InChI is InChI=1S/C8H12O3/c1-7-5-8(9)6-10-3-2-4-11-7/h5H,2-4,6H2,1H3/b7-5+. The van der Waals surface area contributed by atoms with Crippen molar-refractivity contribution in [1.29, 1.82) is 0 Å². The second-order valence-electron chi connectivity index (χ2n) is 2.48. The number of carbonyl (C=O) groups is 1. The summed E-state index contributed by atoms with van der Waals surface area (Å²) in [5.74, 6) is 0.657. The first-order valence-corrected chi connectivity index (χ1v) is 3.71. The maximum absolute atomic E-state index is 10.9. The summed E-state index contributed by atoms with van der Waals surface area (Å²) in [5, 5.41) is 0. The largest absolute Gasteiger partial charge is 0.498 e. The van der Waals surface area contributed by atoms with Gasteiger partial charge in [-0.15, -0.1) is 0 Å². The molecule has 3 heteroatoms. The van der Waals surface area contributed by atoms with E-state index in [1.54, 1.807) is 6.92 Å². The fraction of sp³-hybridized carbons (Fsp3) is 0.625. The van der Waals surface area contributed by atoms with E-state index < -0.39 is 0 Å². The minimum absolute atomic E-state index is 0.0237. The highest BCUT2D eigenvalue weighted by molar-refractivity contribution is 5.91. The van der Waals surface area contributed by atoms with E-state index in [4.69, 9.17) is 9.47 Å². The van der Waals surface area contributed by atoms with Gasteiger partial charge in [0.05, 0.1) is 19.0 Å². The molecule has 1 rings (SSSR count). The molecule has 3 nitrogen and oxygen atoms in total. The van der Waals surface area contributed by atoms with Crippen LogP contribution in [0.3, 0.4) is 0 Å². The predicted molar refractivity (Wildman–Crippen MR) is 40.2 cm³/mol. The maximum Gasteiger partial charge on any atom is 0.184 e. The van der Waals surface area contributed by atoms with Gasteiger partial charge in [0.2, 0.25) is 0 Å². The summed E-state index contributed by atoms with van der Waals surface area (Å²) in [6, 6.07) is 0. The average molecular weight is 156 g/mol. The number of allylic oxidation sites excluding steroid dienone is 1. The van der Waals surface area contributed by atoms with Crippen LogP contribution in [0, 0.1) is 0 Å². The van der Waals surface area contributed by atoms with Crippen LogP contribution in [0.1, 0.15) is 13.3 Å². The van der Waals surface area contributed by atoms with E-state index in [0.29, 0.717) is 19.0 Å². The molecule has 0 aliphatic carbocycles. The fourth-order valence-electron chi connectivity index (χ4n) is 0.877. The predicted octanol–water partition coefficient (Wildman–Crippen LogP) is 0.896. The van der Waals surface area contributed by atoms with Gasteiger partial charge in [-0.05, 0) is 6.92 Å². The maximum atomic E-state index is 10.9. The average Bonchev–Trinajstić information content (AvgIpc) is 2.02. The van der Waals surface area contributed by atoms with Gasteiger partial charge in [-0.1, -0.05) is 0 Å². The molecular formula is C8H12O3. The lowest BCUT2D eigenvalue weighted by atomic mass is 10.3. The normalized spacial score (nSPS) is 25.5. The molecule has 0 unspecified atom stereocenters. The molecule has 62 valence electrons. The molecule has 0 spiro atoms. The van der Waals surface area contributed by atoms with Crippen LogP contribution in [-0.2, 0) is 14.3 Å². The second-order valence-corrected chi connectivity index (χ2v) is 2.48. The van der Waals surface area contributed by atoms with Crippen LogP contribution in [0.2, 0.25) is 0 Å². The summed E-state index contributed by atoms with van der Waals surface area (Å²) in [5.41, 5.74) is 0. The van der Waals surface area contributed by atoms with Gasteiger partial charge in [0, 0.05) is 12.5 Å². The van der Waals surface area contributed by atoms with Gasteiger partial charge in [-0.2, -0.15) is 0 Å². The van der Waals surface area contributed by atoms with Crippen molar-refractivity contribution < 1.29 is 14.3 Å². The summed E-state index contributed by atoms with van der Waals surface area (Å²) < 4.78 is 10.2. The molecule has 0 saturated carbocycles. The number of rotatable bonds is 0. The van der Waals surface area contributed by atoms with Gasteiger partial charge in [0.15, 0.2) is 5.78 Å². The molecule has 0 fully saturated rings. The van der Waals surface area contributed by atoms with Crippen molar-refractivity contribution in [3.63, 3.8) is 0 Å². The zero-order valence-electron chi connectivity index (χ0n) is 6.63. The Bertz CT molecular complexity index is 172. The fourth-order valence-corrected chi connectivity index (χ4v) is 0.877. The van der Waals surface area contributed by atoms with E-state index in [0.717, 1.165) is 6.42 Å². The van der Waals surface area contributed by atoms with Gasteiger partial charge in [0.1, 0.15) is 6.61 Å². The minimum atomic E-state index is -0.0237. The van der Waals surface area contributed by atoms with Crippen molar-refractivity contribution in [3.8, 4) is 0 Å². The molecule has 0 amide bonds. The first-order chi connectivity index (χ1) is 5.29. The van der Waals surface area contributed by atoms with Gasteiger partial charge in [-0.25, -0.2) is 0 Å². The van der Waals surface area contributed by atoms with Crippen LogP contribution < -0.4 is 0 Å². The monoisotopic (exact) mass is 156 g/mol. The van der Waals surface area contributed by atoms with Crippen LogP contribution in [0.4, 0.5) is 0 Å². The Morgan fingerprint density at radius 2 is 2.27 bits per heavy atom. The van der Waals surface area contributed by atoms with Crippen LogP contribution in [0.5, 0.6) is 0 Å². The smallest absolute Gasteiger partial charge is 0.184 e. The lowest BCUT2D eigenvalue weighted by molar-refractivity contribution is -0.118. The Labute approximate surface area is 66.0 Å². The highest BCUT2D eigenvalue weighted by Crippen LogP contribution is 2.00. The zero-order valence-corrected chi connectivity index (χ0v) is 6.63. The van der Waals surface area contributed by atoms with E-state index in [2.05, 4.69) is 0 Å². The summed E-state index contributed by atoms with van der Waals surface area (Å²) in [6.07, 6.45) is 2.32. The van der Waals surface area contributed by atoms with Gasteiger partial charge < -0.3 is 9.47 Å². The van der Waals surface area contributed by atoms with E-state index in [1.165, 1.54) is 6.08 Å². The van der Waals surface area contributed by atoms with Gasteiger partial charge >= 0.3 is 0 Å². The topological polar surface area (TPSA) is 35.5 Å². The lowest BCUT2D eigenvalue weighted by Crippen LogP contribution is -2.05. The Kier molecular flexibility index (Phi) is 3.11. The number of hydrogen-bond acceptors (Lipinski definition) is 3. The molecule has 1 aliphatic rings. The molecule has 0 aromatic heterocycles. The summed E-state index contributed by atoms with van der Waals surface area (Å²) in [4.78, 5) is 10.9. The van der Waals surface area contributed by atoms with E-state index in [-0.39, 0.29) is 12.4 Å². The Hall–Kier alpha value is -0.830. The molecule has 0 bridgehead atoms. The summed E-state index contributed by atoms with van der Waals surface area (Å²) in [7, 11) is 0. The summed E-state index contributed by atoms with van der Waals surface area (Å²) >= 11 is 0. The van der Waals surface area contributed by atoms with Gasteiger partial charge in [-0.3, -0.25) is 4.79 Å². The minimum Gasteiger partial charge on any atom is -0.498 e. The third kappa shape index (κ3) is 3.18. The highest BCUT2D eigenvalue weighted by atomic mass is 16.5. The molecular weight excluding hydrogens is 144 g/mol. The van der Waals surface area contributed by atoms with Crippen molar-refractivity contribution in [2.24, 2.45) is 0 Å². The number of carbonyl (C=O) groups excluding carboxylic acids is 1. The molecule has 11 heavy (non-hydrogen) atoms. The molecule has 0 radical (unpaired) electrons. The van der Waals surface area contributed by atoms with Gasteiger partial charge in [0.25, 0.3) is 0 Å². The quantitative estimate of drug-likeness (QED) is 0.522. The Morgan fingerprint density at radius 1 is 1.45 bits per heavy atom. The van der Waals surface area contributed by atoms with Crippen LogP contribution in [0.25, 0.3) is 0 Å². The van der Waals surface area contributed by atoms with Crippen molar-refractivity contribution in [2.75, 3.05) is 19.8 Å². The third-order valence-corrected chi connectivity index (χ3v) is 1.37. The molecule has 1 heterocycles. The van der Waals surface area contributed by atoms with Crippen molar-refractivity contribution in [1.82, 2.24) is 0 Å². The van der Waals surface area contributed by atoms with Crippen molar-refractivity contribution in [2.45, 2.75) is 13.3 Å². The van der Waals surface area contributed by atoms with Crippen LogP contribution >= 0.6 is 0 Å². The molecule has 0 N–H and O–H groups in total. The molecule has 1 aliphatic heterocycles. The molecule has 0 atom stereocenters. The first-order valence-electron chi connectivity index (χ1n) is 3.71. The zero-order chi connectivity index (χ0) is 8.10. The third-order valence-electron chi connectivity index (χ3n) is 1.37. The van der Waals surface area contributed by atoms with Crippen LogP contribution in [0.15, 0.2) is 11.8 Å². The Balaban J connectivity index is 2.50. The molecule has 0 saturated heterocycles. The molecule has 0 aromatic carbocycles. The summed E-state index contributed by atoms with van der Waals surface area (Å²) in [6.45, 7) is 3.20. The number of hydrogen-bond donors (Lipinski definition) is 0. The number of ketones is 1. The SMILES string of the molecule is C/C1=C\C(=O)COCCCO1. The van der Waals surface area contributed by atoms with E-state index in [1.807, 2.05) is 0 Å². The first kappa shape index (κ1) is 8.27. The van der Waals surface area contributed by atoms with E-state index in [9.17, 15) is 4.79 Å².